The van der Waals surface area contributed by atoms with Crippen LogP contribution in [-0.2, 0) is 0 Å². The highest BCUT2D eigenvalue weighted by molar-refractivity contribution is 6.11. The van der Waals surface area contributed by atoms with Crippen LogP contribution in [0.3, 0.4) is 0 Å². The first-order valence-corrected chi connectivity index (χ1v) is 15.5. The van der Waals surface area contributed by atoms with Crippen LogP contribution < -0.4 is 5.32 Å². The van der Waals surface area contributed by atoms with Crippen LogP contribution in [0.25, 0.3) is 54.7 Å². The van der Waals surface area contributed by atoms with Gasteiger partial charge in [0.25, 0.3) is 0 Å². The Kier molecular flexibility index (Phi) is 5.06. The molecular weight excluding hydrogens is 536 g/mol. The van der Waals surface area contributed by atoms with Gasteiger partial charge in [0.15, 0.2) is 0 Å². The molecule has 4 heterocycles. The number of H-pyrrole nitrogens is 1. The molecule has 0 bridgehead atoms. The van der Waals surface area contributed by atoms with Crippen molar-refractivity contribution in [3.8, 4) is 11.1 Å². The monoisotopic (exact) mass is 566 g/mol. The number of nitrogens with one attached hydrogen (secondary N) is 2. The molecule has 0 aliphatic carbocycles. The summed E-state index contributed by atoms with van der Waals surface area (Å²) in [6.45, 7) is 0. The van der Waals surface area contributed by atoms with Crippen molar-refractivity contribution in [2.24, 2.45) is 0 Å². The topological polar surface area (TPSA) is 35.8 Å². The molecule has 0 saturated carbocycles. The lowest BCUT2D eigenvalue weighted by Crippen LogP contribution is -2.31. The van der Waals surface area contributed by atoms with Crippen molar-refractivity contribution in [3.63, 3.8) is 0 Å². The number of hydrogen-bond acceptors (Lipinski definition) is 2. The van der Waals surface area contributed by atoms with Gasteiger partial charge in [0.2, 0.25) is 0 Å². The summed E-state index contributed by atoms with van der Waals surface area (Å²) in [5.41, 5.74) is 10.1. The lowest BCUT2D eigenvalue weighted by molar-refractivity contribution is 0.272. The quantitative estimate of drug-likeness (QED) is 0.208. The van der Waals surface area contributed by atoms with Gasteiger partial charge in [-0.05, 0) is 58.7 Å². The van der Waals surface area contributed by atoms with Gasteiger partial charge in [0, 0.05) is 32.6 Å². The minimum Gasteiger partial charge on any atom is -0.355 e. The molecule has 2 fully saturated rings. The van der Waals surface area contributed by atoms with Crippen molar-refractivity contribution in [2.45, 2.75) is 24.4 Å². The molecule has 44 heavy (non-hydrogen) atoms. The van der Waals surface area contributed by atoms with E-state index in [0.717, 1.165) is 0 Å². The Labute approximate surface area is 255 Å². The number of nitrogens with zero attached hydrogens (tertiary/aromatic N) is 2. The summed E-state index contributed by atoms with van der Waals surface area (Å²) in [6.07, 6.45) is 0.0474. The third-order valence-corrected chi connectivity index (χ3v) is 9.95. The van der Waals surface area contributed by atoms with Crippen LogP contribution >= 0.6 is 0 Å². The molecule has 6 aromatic carbocycles. The Morgan fingerprint density at radius 1 is 0.477 bits per heavy atom. The van der Waals surface area contributed by atoms with Gasteiger partial charge in [-0.15, -0.1) is 0 Å². The molecule has 2 aliphatic heterocycles. The first kappa shape index (κ1) is 24.3. The average molecular weight is 567 g/mol. The highest BCUT2D eigenvalue weighted by Gasteiger charge is 2.62. The molecular formula is C40H30N4. The Morgan fingerprint density at radius 2 is 1.09 bits per heavy atom. The number of aromatic amines is 1. The molecule has 2 aromatic heterocycles. The largest absolute Gasteiger partial charge is 0.355 e. The normalized spacial score (nSPS) is 22.7. The van der Waals surface area contributed by atoms with Crippen LogP contribution in [0, 0.1) is 0 Å². The Bertz CT molecular complexity index is 2350. The van der Waals surface area contributed by atoms with E-state index in [1.807, 2.05) is 0 Å². The summed E-state index contributed by atoms with van der Waals surface area (Å²) in [4.78, 5) is 6.23. The summed E-state index contributed by atoms with van der Waals surface area (Å²) < 4.78 is 2.54. The molecule has 0 amide bonds. The zero-order valence-electron chi connectivity index (χ0n) is 24.1. The second-order valence-electron chi connectivity index (χ2n) is 12.3. The maximum Gasteiger partial charge on any atom is 0.143 e. The van der Waals surface area contributed by atoms with Crippen molar-refractivity contribution < 1.29 is 0 Å². The number of para-hydroxylation sites is 2. The maximum absolute atomic E-state index is 4.06. The van der Waals surface area contributed by atoms with Crippen LogP contribution in [0.5, 0.6) is 0 Å². The van der Waals surface area contributed by atoms with Gasteiger partial charge in [0.1, 0.15) is 6.29 Å². The molecule has 5 atom stereocenters. The molecule has 5 unspecified atom stereocenters. The number of aromatic nitrogens is 2. The van der Waals surface area contributed by atoms with Crippen LogP contribution in [0.15, 0.2) is 146 Å². The Morgan fingerprint density at radius 3 is 1.91 bits per heavy atom. The van der Waals surface area contributed by atoms with Crippen LogP contribution in [0.1, 0.15) is 29.5 Å². The highest BCUT2D eigenvalue weighted by Crippen LogP contribution is 2.58. The molecule has 0 spiro atoms. The molecule has 210 valence electrons. The zero-order chi connectivity index (χ0) is 28.8. The van der Waals surface area contributed by atoms with Crippen LogP contribution in [0.4, 0.5) is 0 Å². The summed E-state index contributed by atoms with van der Waals surface area (Å²) in [7, 11) is 0. The summed E-state index contributed by atoms with van der Waals surface area (Å²) >= 11 is 0. The van der Waals surface area contributed by atoms with E-state index in [1.54, 1.807) is 0 Å². The van der Waals surface area contributed by atoms with E-state index in [1.165, 1.54) is 65.9 Å². The molecule has 8 aromatic rings. The van der Waals surface area contributed by atoms with E-state index in [0.29, 0.717) is 12.1 Å². The van der Waals surface area contributed by atoms with Gasteiger partial charge in [-0.25, -0.2) is 0 Å². The van der Waals surface area contributed by atoms with Crippen molar-refractivity contribution in [1.29, 1.82) is 0 Å². The van der Waals surface area contributed by atoms with Crippen molar-refractivity contribution in [2.75, 3.05) is 0 Å². The molecule has 4 nitrogen and oxygen atoms in total. The van der Waals surface area contributed by atoms with Crippen LogP contribution in [-0.4, -0.2) is 20.5 Å². The first-order valence-electron chi connectivity index (χ1n) is 15.5. The SMILES string of the molecule is c1ccc(C2NC(n3c4ccccc4c4cc(-c5ccc6[nH]c7ccccc7c6c5)ccc43)N3C(c4ccccc4)C23)cc1. The minimum atomic E-state index is 0.0474. The first-order chi connectivity index (χ1) is 21.8. The Hall–Kier alpha value is -5.16. The highest BCUT2D eigenvalue weighted by atomic mass is 15.6. The molecule has 2 aliphatic rings. The average Bonchev–Trinajstić information content (AvgIpc) is 3.35. The summed E-state index contributed by atoms with van der Waals surface area (Å²) in [5, 5.41) is 9.17. The molecule has 4 heteroatoms. The third kappa shape index (κ3) is 3.47. The van der Waals surface area contributed by atoms with Crippen molar-refractivity contribution in [3.05, 3.63) is 157 Å². The molecule has 2 N–H and O–H groups in total. The minimum absolute atomic E-state index is 0.0474. The molecule has 2 saturated heterocycles. The van der Waals surface area contributed by atoms with Gasteiger partial charge in [-0.3, -0.25) is 10.2 Å². The molecule has 10 rings (SSSR count). The van der Waals surface area contributed by atoms with Crippen molar-refractivity contribution in [1.82, 2.24) is 19.8 Å². The lowest BCUT2D eigenvalue weighted by atomic mass is 9.99. The smallest absolute Gasteiger partial charge is 0.143 e. The fraction of sp³-hybridized carbons (Fsp3) is 0.100. The second-order valence-corrected chi connectivity index (χ2v) is 12.3. The third-order valence-electron chi connectivity index (χ3n) is 9.95. The van der Waals surface area contributed by atoms with Gasteiger partial charge >= 0.3 is 0 Å². The fourth-order valence-electron chi connectivity index (χ4n) is 7.94. The molecule has 0 radical (unpaired) electrons. The van der Waals surface area contributed by atoms with E-state index < -0.39 is 0 Å². The van der Waals surface area contributed by atoms with Gasteiger partial charge in [0.05, 0.1) is 29.2 Å². The number of benzene rings is 6. The second kappa shape index (κ2) is 9.17. The number of rotatable bonds is 4. The lowest BCUT2D eigenvalue weighted by Gasteiger charge is -2.25. The van der Waals surface area contributed by atoms with Gasteiger partial charge in [-0.1, -0.05) is 109 Å². The number of hydrogen-bond donors (Lipinski definition) is 2. The fourth-order valence-corrected chi connectivity index (χ4v) is 7.94. The predicted octanol–water partition coefficient (Wildman–Crippen LogP) is 9.32. The van der Waals surface area contributed by atoms with Gasteiger partial charge in [-0.2, -0.15) is 0 Å². The van der Waals surface area contributed by atoms with Gasteiger partial charge < -0.3 is 9.55 Å². The van der Waals surface area contributed by atoms with E-state index >= 15 is 0 Å². The van der Waals surface area contributed by atoms with E-state index in [2.05, 4.69) is 165 Å². The maximum atomic E-state index is 4.06. The summed E-state index contributed by atoms with van der Waals surface area (Å²) in [5.74, 6) is 0. The van der Waals surface area contributed by atoms with E-state index in [4.69, 9.17) is 0 Å². The zero-order valence-corrected chi connectivity index (χ0v) is 24.1. The Balaban J connectivity index is 1.13. The number of fused-ring (bicyclic) bond motifs is 7. The van der Waals surface area contributed by atoms with Crippen molar-refractivity contribution >= 4 is 43.6 Å². The van der Waals surface area contributed by atoms with E-state index in [9.17, 15) is 0 Å². The summed E-state index contributed by atoms with van der Waals surface area (Å²) in [6, 6.07) is 54.3. The van der Waals surface area contributed by atoms with Crippen LogP contribution in [0.2, 0.25) is 0 Å². The van der Waals surface area contributed by atoms with E-state index in [-0.39, 0.29) is 12.3 Å². The predicted molar refractivity (Wildman–Crippen MR) is 180 cm³/mol. The standard InChI is InChI=1S/C40H30N4/c1-3-11-25(12-4-1)37-39-38(26-13-5-2-6-14-26)44(39)40(42-37)43-35-18-10-8-16-30(35)32-24-28(20-22-36(32)43)27-19-21-34-31(23-27)29-15-7-9-17-33(29)41-34/h1-24,37-42H.